The molecular weight excluding hydrogens is 340 g/mol. The zero-order valence-corrected chi connectivity index (χ0v) is 15.8. The van der Waals surface area contributed by atoms with Gasteiger partial charge in [-0.05, 0) is 43.0 Å². The van der Waals surface area contributed by atoms with Gasteiger partial charge in [0, 0.05) is 63.7 Å². The van der Waals surface area contributed by atoms with Crippen molar-refractivity contribution < 1.29 is 9.59 Å². The molecule has 2 fully saturated rings. The Bertz CT molecular complexity index is 832. The van der Waals surface area contributed by atoms with Gasteiger partial charge in [-0.2, -0.15) is 0 Å². The molecule has 2 aliphatic rings. The average molecular weight is 366 g/mol. The predicted molar refractivity (Wildman–Crippen MR) is 102 cm³/mol. The van der Waals surface area contributed by atoms with E-state index < -0.39 is 0 Å². The quantitative estimate of drug-likeness (QED) is 0.838. The van der Waals surface area contributed by atoms with Crippen LogP contribution >= 0.6 is 0 Å². The second-order valence-electron chi connectivity index (χ2n) is 7.95. The summed E-state index contributed by atoms with van der Waals surface area (Å²) in [4.78, 5) is 33.6. The Balaban J connectivity index is 1.49. The maximum Gasteiger partial charge on any atom is 0.270 e. The minimum absolute atomic E-state index is 0.00912. The van der Waals surface area contributed by atoms with E-state index in [0.29, 0.717) is 13.0 Å². The second kappa shape index (κ2) is 7.18. The van der Waals surface area contributed by atoms with Gasteiger partial charge in [0.05, 0.1) is 0 Å². The first-order chi connectivity index (χ1) is 13.1. The summed E-state index contributed by atoms with van der Waals surface area (Å²) >= 11 is 0. The molecule has 27 heavy (non-hydrogen) atoms. The summed E-state index contributed by atoms with van der Waals surface area (Å²) in [6.07, 6.45) is 8.96. The molecule has 0 radical (unpaired) electrons. The normalized spacial score (nSPS) is 23.1. The Morgan fingerprint density at radius 1 is 1.22 bits per heavy atom. The summed E-state index contributed by atoms with van der Waals surface area (Å²) in [7, 11) is 1.90. The van der Waals surface area contributed by atoms with Crippen LogP contribution in [0.15, 0.2) is 42.9 Å². The molecule has 0 unspecified atom stereocenters. The van der Waals surface area contributed by atoms with E-state index in [2.05, 4.69) is 4.98 Å². The van der Waals surface area contributed by atoms with Crippen LogP contribution in [0.5, 0.6) is 0 Å². The molecule has 0 saturated carbocycles. The number of aromatic nitrogens is 2. The van der Waals surface area contributed by atoms with Crippen molar-refractivity contribution in [3.05, 3.63) is 54.1 Å². The molecule has 4 heterocycles. The maximum atomic E-state index is 13.0. The largest absolute Gasteiger partial charge is 0.347 e. The Kier molecular flexibility index (Phi) is 4.72. The first kappa shape index (κ1) is 17.8. The van der Waals surface area contributed by atoms with Gasteiger partial charge in [0.15, 0.2) is 0 Å². The van der Waals surface area contributed by atoms with E-state index in [1.165, 1.54) is 0 Å². The minimum Gasteiger partial charge on any atom is -0.347 e. The van der Waals surface area contributed by atoms with Crippen molar-refractivity contribution in [2.45, 2.75) is 32.2 Å². The molecule has 2 amide bonds. The monoisotopic (exact) mass is 366 g/mol. The molecule has 4 rings (SSSR count). The first-order valence-corrected chi connectivity index (χ1v) is 9.64. The van der Waals surface area contributed by atoms with E-state index in [9.17, 15) is 9.59 Å². The lowest BCUT2D eigenvalue weighted by Crippen LogP contribution is -2.55. The van der Waals surface area contributed by atoms with Crippen molar-refractivity contribution in [1.29, 1.82) is 0 Å². The zero-order chi connectivity index (χ0) is 18.9. The second-order valence-corrected chi connectivity index (χ2v) is 7.95. The highest BCUT2D eigenvalue weighted by Crippen LogP contribution is 2.39. The van der Waals surface area contributed by atoms with Gasteiger partial charge in [-0.3, -0.25) is 14.6 Å². The number of carbonyl (C=O) groups is 2. The van der Waals surface area contributed by atoms with E-state index >= 15 is 0 Å². The molecule has 2 saturated heterocycles. The fourth-order valence-electron chi connectivity index (χ4n) is 4.52. The lowest BCUT2D eigenvalue weighted by atomic mass is 9.73. The third kappa shape index (κ3) is 3.61. The highest BCUT2D eigenvalue weighted by Gasteiger charge is 2.43. The Labute approximate surface area is 159 Å². The fraction of sp³-hybridized carbons (Fsp3) is 0.476. The summed E-state index contributed by atoms with van der Waals surface area (Å²) in [5, 5.41) is 0. The van der Waals surface area contributed by atoms with Gasteiger partial charge in [-0.25, -0.2) is 0 Å². The van der Waals surface area contributed by atoms with Gasteiger partial charge >= 0.3 is 0 Å². The van der Waals surface area contributed by atoms with Crippen molar-refractivity contribution >= 4 is 11.8 Å². The van der Waals surface area contributed by atoms with Crippen LogP contribution in [-0.2, 0) is 18.4 Å². The van der Waals surface area contributed by atoms with Crippen LogP contribution < -0.4 is 0 Å². The SMILES string of the molecule is Cn1cccc1C(=O)N1CCC[C@]2(CCC(=O)N(Cc3cccnc3)C2)C1. The van der Waals surface area contributed by atoms with Crippen LogP contribution in [0.1, 0.15) is 41.7 Å². The predicted octanol–water partition coefficient (Wildman–Crippen LogP) is 2.47. The lowest BCUT2D eigenvalue weighted by Gasteiger charge is -2.48. The van der Waals surface area contributed by atoms with E-state index in [1.807, 2.05) is 58.1 Å². The Morgan fingerprint density at radius 3 is 2.85 bits per heavy atom. The zero-order valence-electron chi connectivity index (χ0n) is 15.8. The average Bonchev–Trinajstić information content (AvgIpc) is 3.11. The third-order valence-electron chi connectivity index (χ3n) is 5.96. The molecule has 6 heteroatoms. The fourth-order valence-corrected chi connectivity index (χ4v) is 4.52. The summed E-state index contributed by atoms with van der Waals surface area (Å²) < 4.78 is 1.88. The number of pyridine rings is 1. The van der Waals surface area contributed by atoms with Crippen LogP contribution in [0.25, 0.3) is 0 Å². The Hall–Kier alpha value is -2.63. The van der Waals surface area contributed by atoms with E-state index in [1.54, 1.807) is 6.20 Å². The molecule has 2 aromatic heterocycles. The van der Waals surface area contributed by atoms with Crippen molar-refractivity contribution in [3.8, 4) is 0 Å². The molecule has 142 valence electrons. The molecule has 2 aromatic rings. The molecule has 0 bridgehead atoms. The van der Waals surface area contributed by atoms with Gasteiger partial charge in [0.2, 0.25) is 5.91 Å². The summed E-state index contributed by atoms with van der Waals surface area (Å²) in [5.41, 5.74) is 1.79. The molecule has 1 spiro atoms. The van der Waals surface area contributed by atoms with E-state index in [4.69, 9.17) is 0 Å². The Morgan fingerprint density at radius 2 is 2.11 bits per heavy atom. The number of hydrogen-bond acceptors (Lipinski definition) is 3. The van der Waals surface area contributed by atoms with Crippen molar-refractivity contribution in [1.82, 2.24) is 19.4 Å². The van der Waals surface area contributed by atoms with E-state index in [0.717, 1.165) is 50.2 Å². The highest BCUT2D eigenvalue weighted by atomic mass is 16.2. The molecular formula is C21H26N4O2. The molecule has 2 aliphatic heterocycles. The topological polar surface area (TPSA) is 58.4 Å². The first-order valence-electron chi connectivity index (χ1n) is 9.64. The van der Waals surface area contributed by atoms with Gasteiger partial charge in [0.1, 0.15) is 5.69 Å². The minimum atomic E-state index is 0.00912. The third-order valence-corrected chi connectivity index (χ3v) is 5.96. The summed E-state index contributed by atoms with van der Waals surface area (Å²) in [5.74, 6) is 0.299. The van der Waals surface area contributed by atoms with Crippen LogP contribution in [0.2, 0.25) is 0 Å². The van der Waals surface area contributed by atoms with Gasteiger partial charge in [-0.1, -0.05) is 6.07 Å². The number of rotatable bonds is 3. The molecule has 0 aliphatic carbocycles. The number of hydrogen-bond donors (Lipinski definition) is 0. The number of amides is 2. The van der Waals surface area contributed by atoms with Crippen LogP contribution in [0, 0.1) is 5.41 Å². The number of carbonyl (C=O) groups excluding carboxylic acids is 2. The van der Waals surface area contributed by atoms with Gasteiger partial charge < -0.3 is 14.4 Å². The maximum absolute atomic E-state index is 13.0. The molecule has 0 N–H and O–H groups in total. The van der Waals surface area contributed by atoms with Crippen molar-refractivity contribution in [2.24, 2.45) is 12.5 Å². The van der Waals surface area contributed by atoms with Crippen molar-refractivity contribution in [3.63, 3.8) is 0 Å². The van der Waals surface area contributed by atoms with Crippen LogP contribution in [0.3, 0.4) is 0 Å². The number of likely N-dealkylation sites (tertiary alicyclic amines) is 2. The summed E-state index contributed by atoms with van der Waals surface area (Å²) in [6, 6.07) is 7.69. The number of nitrogens with zero attached hydrogens (tertiary/aromatic N) is 4. The van der Waals surface area contributed by atoms with Crippen LogP contribution in [-0.4, -0.2) is 50.8 Å². The smallest absolute Gasteiger partial charge is 0.270 e. The van der Waals surface area contributed by atoms with Crippen LogP contribution in [0.4, 0.5) is 0 Å². The molecule has 1 atom stereocenters. The van der Waals surface area contributed by atoms with Gasteiger partial charge in [0.25, 0.3) is 5.91 Å². The molecule has 0 aromatic carbocycles. The lowest BCUT2D eigenvalue weighted by molar-refractivity contribution is -0.139. The standard InChI is InChI=1S/C21H26N4O2/c1-23-11-3-6-18(23)20(27)24-12-4-8-21(15-24)9-7-19(26)25(16-21)14-17-5-2-10-22-13-17/h2-3,5-6,10-11,13H,4,7-9,12,14-16H2,1H3/t21-/m0/s1. The summed E-state index contributed by atoms with van der Waals surface area (Å²) in [6.45, 7) is 2.84. The van der Waals surface area contributed by atoms with Crippen molar-refractivity contribution in [2.75, 3.05) is 19.6 Å². The number of piperidine rings is 2. The highest BCUT2D eigenvalue weighted by molar-refractivity contribution is 5.92. The van der Waals surface area contributed by atoms with E-state index in [-0.39, 0.29) is 17.2 Å². The van der Waals surface area contributed by atoms with Gasteiger partial charge in [-0.15, -0.1) is 0 Å². The molecule has 6 nitrogen and oxygen atoms in total. The number of aryl methyl sites for hydroxylation is 1.